The molecule has 0 bridgehead atoms. The van der Waals surface area contributed by atoms with Gasteiger partial charge in [-0.05, 0) is 53.9 Å². The molecule has 0 saturated heterocycles. The van der Waals surface area contributed by atoms with Crippen LogP contribution in [0.5, 0.6) is 0 Å². The maximum absolute atomic E-state index is 6.30. The lowest BCUT2D eigenvalue weighted by molar-refractivity contribution is 0.670. The van der Waals surface area contributed by atoms with Crippen LogP contribution >= 0.6 is 0 Å². The summed E-state index contributed by atoms with van der Waals surface area (Å²) in [5.41, 5.74) is 10.2. The number of H-pyrrole nitrogens is 1. The van der Waals surface area contributed by atoms with E-state index in [9.17, 15) is 0 Å². The summed E-state index contributed by atoms with van der Waals surface area (Å²) in [7, 11) is 0. The van der Waals surface area contributed by atoms with Gasteiger partial charge in [-0.1, -0.05) is 78.4 Å². The smallest absolute Gasteiger partial charge is 0.143 e. The molecule has 0 saturated carbocycles. The molecule has 156 valence electrons. The van der Waals surface area contributed by atoms with Crippen LogP contribution in [0.1, 0.15) is 5.56 Å². The minimum absolute atomic E-state index is 0.927. The third-order valence-electron chi connectivity index (χ3n) is 6.70. The highest BCUT2D eigenvalue weighted by molar-refractivity contribution is 6.12. The maximum Gasteiger partial charge on any atom is 0.143 e. The summed E-state index contributed by atoms with van der Waals surface area (Å²) in [6.07, 6.45) is 0. The number of nitrogens with one attached hydrogen (secondary N) is 1. The number of aromatic amines is 1. The highest BCUT2D eigenvalue weighted by Crippen LogP contribution is 2.38. The number of aromatic nitrogens is 1. The first-order chi connectivity index (χ1) is 16.2. The van der Waals surface area contributed by atoms with Crippen molar-refractivity contribution in [1.29, 1.82) is 0 Å². The quantitative estimate of drug-likeness (QED) is 0.295. The number of benzene rings is 5. The van der Waals surface area contributed by atoms with Crippen molar-refractivity contribution in [2.24, 2.45) is 0 Å². The van der Waals surface area contributed by atoms with E-state index in [1.54, 1.807) is 0 Å². The fraction of sp³-hybridized carbons (Fsp3) is 0.0323. The van der Waals surface area contributed by atoms with E-state index >= 15 is 0 Å². The van der Waals surface area contributed by atoms with Gasteiger partial charge in [0, 0.05) is 38.1 Å². The van der Waals surface area contributed by atoms with Crippen molar-refractivity contribution in [3.63, 3.8) is 0 Å². The molecular weight excluding hydrogens is 402 g/mol. The van der Waals surface area contributed by atoms with E-state index in [1.165, 1.54) is 27.5 Å². The SMILES string of the molecule is Cc1ccc(-c2ccc3[nH]c4ccc(-c5cccc6c5oc5ccccc56)cc4c3c2)cc1. The molecule has 0 unspecified atom stereocenters. The predicted molar refractivity (Wildman–Crippen MR) is 139 cm³/mol. The second-order valence-corrected chi connectivity index (χ2v) is 8.79. The molecule has 2 aromatic heterocycles. The van der Waals surface area contributed by atoms with Gasteiger partial charge in [-0.15, -0.1) is 0 Å². The van der Waals surface area contributed by atoms with Crippen LogP contribution in [-0.4, -0.2) is 4.98 Å². The van der Waals surface area contributed by atoms with Gasteiger partial charge in [0.15, 0.2) is 0 Å². The number of aryl methyl sites for hydroxylation is 1. The lowest BCUT2D eigenvalue weighted by atomic mass is 9.99. The van der Waals surface area contributed by atoms with Gasteiger partial charge >= 0.3 is 0 Å². The third kappa shape index (κ3) is 2.81. The summed E-state index contributed by atoms with van der Waals surface area (Å²) in [6.45, 7) is 2.12. The molecule has 33 heavy (non-hydrogen) atoms. The first kappa shape index (κ1) is 18.3. The first-order valence-corrected chi connectivity index (χ1v) is 11.3. The molecule has 2 nitrogen and oxygen atoms in total. The zero-order valence-corrected chi connectivity index (χ0v) is 18.2. The average molecular weight is 424 g/mol. The highest BCUT2D eigenvalue weighted by Gasteiger charge is 2.13. The predicted octanol–water partition coefficient (Wildman–Crippen LogP) is 8.86. The van der Waals surface area contributed by atoms with Crippen LogP contribution in [-0.2, 0) is 0 Å². The minimum Gasteiger partial charge on any atom is -0.455 e. The number of hydrogen-bond donors (Lipinski definition) is 1. The van der Waals surface area contributed by atoms with Crippen LogP contribution in [0.3, 0.4) is 0 Å². The normalized spacial score (nSPS) is 11.8. The van der Waals surface area contributed by atoms with Gasteiger partial charge in [-0.3, -0.25) is 0 Å². The number of rotatable bonds is 2. The lowest BCUT2D eigenvalue weighted by Crippen LogP contribution is -1.80. The van der Waals surface area contributed by atoms with Crippen LogP contribution in [0.15, 0.2) is 108 Å². The Balaban J connectivity index is 1.45. The van der Waals surface area contributed by atoms with Crippen molar-refractivity contribution in [3.05, 3.63) is 109 Å². The van der Waals surface area contributed by atoms with Crippen molar-refractivity contribution in [1.82, 2.24) is 4.98 Å². The zero-order chi connectivity index (χ0) is 21.9. The van der Waals surface area contributed by atoms with Crippen molar-refractivity contribution < 1.29 is 4.42 Å². The van der Waals surface area contributed by atoms with Crippen LogP contribution in [0, 0.1) is 6.92 Å². The molecule has 0 aliphatic heterocycles. The van der Waals surface area contributed by atoms with Crippen molar-refractivity contribution >= 4 is 43.7 Å². The van der Waals surface area contributed by atoms with Gasteiger partial charge in [-0.25, -0.2) is 0 Å². The van der Waals surface area contributed by atoms with Gasteiger partial charge in [0.25, 0.3) is 0 Å². The van der Waals surface area contributed by atoms with Crippen LogP contribution < -0.4 is 0 Å². The molecule has 0 amide bonds. The molecular formula is C31H21NO. The van der Waals surface area contributed by atoms with Crippen LogP contribution in [0.25, 0.3) is 66.0 Å². The second kappa shape index (κ2) is 6.85. The molecule has 2 heterocycles. The molecule has 2 heteroatoms. The van der Waals surface area contributed by atoms with Gasteiger partial charge < -0.3 is 9.40 Å². The molecule has 0 fully saturated rings. The summed E-state index contributed by atoms with van der Waals surface area (Å²) in [6, 6.07) is 36.7. The van der Waals surface area contributed by atoms with E-state index in [-0.39, 0.29) is 0 Å². The summed E-state index contributed by atoms with van der Waals surface area (Å²) in [5, 5.41) is 4.78. The second-order valence-electron chi connectivity index (χ2n) is 8.79. The molecule has 7 rings (SSSR count). The molecule has 0 radical (unpaired) electrons. The topological polar surface area (TPSA) is 28.9 Å². The number of para-hydroxylation sites is 2. The molecule has 7 aromatic rings. The zero-order valence-electron chi connectivity index (χ0n) is 18.2. The van der Waals surface area contributed by atoms with E-state index < -0.39 is 0 Å². The van der Waals surface area contributed by atoms with E-state index in [0.717, 1.165) is 44.1 Å². The monoisotopic (exact) mass is 423 g/mol. The summed E-state index contributed by atoms with van der Waals surface area (Å²) in [4.78, 5) is 3.58. The minimum atomic E-state index is 0.927. The number of fused-ring (bicyclic) bond motifs is 6. The highest BCUT2D eigenvalue weighted by atomic mass is 16.3. The van der Waals surface area contributed by atoms with E-state index in [0.29, 0.717) is 0 Å². The largest absolute Gasteiger partial charge is 0.455 e. The van der Waals surface area contributed by atoms with Gasteiger partial charge in [0.05, 0.1) is 0 Å². The molecule has 1 N–H and O–H groups in total. The van der Waals surface area contributed by atoms with Crippen LogP contribution in [0.4, 0.5) is 0 Å². The molecule has 0 spiro atoms. The maximum atomic E-state index is 6.30. The molecule has 5 aromatic carbocycles. The third-order valence-corrected chi connectivity index (χ3v) is 6.70. The van der Waals surface area contributed by atoms with Crippen molar-refractivity contribution in [2.75, 3.05) is 0 Å². The Bertz CT molecular complexity index is 1820. The fourth-order valence-electron chi connectivity index (χ4n) is 4.96. The molecule has 0 aliphatic carbocycles. The van der Waals surface area contributed by atoms with Crippen molar-refractivity contribution in [3.8, 4) is 22.3 Å². The van der Waals surface area contributed by atoms with Crippen molar-refractivity contribution in [2.45, 2.75) is 6.92 Å². The number of hydrogen-bond acceptors (Lipinski definition) is 1. The number of furan rings is 1. The summed E-state index contributed by atoms with van der Waals surface area (Å²) >= 11 is 0. The first-order valence-electron chi connectivity index (χ1n) is 11.3. The lowest BCUT2D eigenvalue weighted by Gasteiger charge is -2.05. The van der Waals surface area contributed by atoms with Gasteiger partial charge in [0.2, 0.25) is 0 Å². The van der Waals surface area contributed by atoms with E-state index in [2.05, 4.69) is 103 Å². The Morgan fingerprint density at radius 2 is 1.21 bits per heavy atom. The van der Waals surface area contributed by atoms with E-state index in [1.807, 2.05) is 12.1 Å². The Kier molecular flexibility index (Phi) is 3.80. The Hall–Kier alpha value is -4.30. The Labute approximate surface area is 191 Å². The summed E-state index contributed by atoms with van der Waals surface area (Å²) < 4.78 is 6.30. The Morgan fingerprint density at radius 1 is 0.545 bits per heavy atom. The fourth-order valence-corrected chi connectivity index (χ4v) is 4.96. The Morgan fingerprint density at radius 3 is 2.03 bits per heavy atom. The standard InChI is InChI=1S/C31H21NO/c1-19-9-11-20(12-10-19)21-13-15-28-26(17-21)27-18-22(14-16-29(27)32-28)23-6-4-7-25-24-5-2-3-8-30(24)33-31(23)25/h2-18,32H,1H3. The molecule has 0 aliphatic rings. The average Bonchev–Trinajstić information content (AvgIpc) is 3.42. The van der Waals surface area contributed by atoms with Gasteiger partial charge in [-0.2, -0.15) is 0 Å². The molecule has 0 atom stereocenters. The van der Waals surface area contributed by atoms with Gasteiger partial charge in [0.1, 0.15) is 11.2 Å². The van der Waals surface area contributed by atoms with Crippen LogP contribution in [0.2, 0.25) is 0 Å². The summed E-state index contributed by atoms with van der Waals surface area (Å²) in [5.74, 6) is 0. The van der Waals surface area contributed by atoms with E-state index in [4.69, 9.17) is 4.42 Å².